The lowest BCUT2D eigenvalue weighted by molar-refractivity contribution is -0.00458. The molecule has 16 heavy (non-hydrogen) atoms. The summed E-state index contributed by atoms with van der Waals surface area (Å²) in [6.45, 7) is 8.25. The minimum Gasteiger partial charge on any atom is -0.393 e. The van der Waals surface area contributed by atoms with Crippen LogP contribution in [0.3, 0.4) is 0 Å². The van der Waals surface area contributed by atoms with Crippen LogP contribution in [0, 0.1) is 17.8 Å². The van der Waals surface area contributed by atoms with Gasteiger partial charge in [-0.1, -0.05) is 20.3 Å². The predicted octanol–water partition coefficient (Wildman–Crippen LogP) is 2.52. The smallest absolute Gasteiger partial charge is 0.0585 e. The second-order valence-corrected chi connectivity index (χ2v) is 6.15. The van der Waals surface area contributed by atoms with Crippen molar-refractivity contribution in [3.05, 3.63) is 0 Å². The summed E-state index contributed by atoms with van der Waals surface area (Å²) in [4.78, 5) is 2.57. The third kappa shape index (κ3) is 2.98. The van der Waals surface area contributed by atoms with Gasteiger partial charge in [0.2, 0.25) is 0 Å². The van der Waals surface area contributed by atoms with E-state index in [2.05, 4.69) is 18.7 Å². The second kappa shape index (κ2) is 5.50. The molecule has 2 heteroatoms. The summed E-state index contributed by atoms with van der Waals surface area (Å²) in [5.41, 5.74) is 0. The van der Waals surface area contributed by atoms with Gasteiger partial charge >= 0.3 is 0 Å². The third-order valence-corrected chi connectivity index (χ3v) is 4.56. The van der Waals surface area contributed by atoms with E-state index >= 15 is 0 Å². The largest absolute Gasteiger partial charge is 0.393 e. The molecule has 0 aromatic rings. The summed E-state index contributed by atoms with van der Waals surface area (Å²) < 4.78 is 0. The molecule has 2 nitrogen and oxygen atoms in total. The standard InChI is InChI=1S/C14H27NO/c1-11-8-12(2)13(14(16)9-11)10-15-6-4-3-5-7-15/h11-14,16H,3-10H2,1-2H3. The topological polar surface area (TPSA) is 23.5 Å². The summed E-state index contributed by atoms with van der Waals surface area (Å²) in [5, 5.41) is 10.2. The van der Waals surface area contributed by atoms with Gasteiger partial charge in [-0.05, 0) is 50.6 Å². The van der Waals surface area contributed by atoms with Crippen LogP contribution in [0.5, 0.6) is 0 Å². The molecule has 0 radical (unpaired) electrons. The average Bonchev–Trinajstić information content (AvgIpc) is 2.25. The van der Waals surface area contributed by atoms with E-state index in [0.717, 1.165) is 13.0 Å². The molecule has 94 valence electrons. The van der Waals surface area contributed by atoms with E-state index in [-0.39, 0.29) is 6.10 Å². The Kier molecular flexibility index (Phi) is 4.26. The van der Waals surface area contributed by atoms with E-state index in [1.807, 2.05) is 0 Å². The first-order chi connectivity index (χ1) is 7.66. The molecule has 0 amide bonds. The molecule has 1 heterocycles. The monoisotopic (exact) mass is 225 g/mol. The highest BCUT2D eigenvalue weighted by atomic mass is 16.3. The number of likely N-dealkylation sites (tertiary alicyclic amines) is 1. The molecule has 1 aliphatic carbocycles. The van der Waals surface area contributed by atoms with Crippen molar-refractivity contribution in [1.29, 1.82) is 0 Å². The van der Waals surface area contributed by atoms with Gasteiger partial charge in [-0.2, -0.15) is 0 Å². The maximum atomic E-state index is 10.2. The van der Waals surface area contributed by atoms with Crippen LogP contribution in [0.15, 0.2) is 0 Å². The van der Waals surface area contributed by atoms with Crippen LogP contribution in [-0.4, -0.2) is 35.7 Å². The Hall–Kier alpha value is -0.0800. The zero-order valence-electron chi connectivity index (χ0n) is 10.9. The van der Waals surface area contributed by atoms with Gasteiger partial charge in [0.15, 0.2) is 0 Å². The number of piperidine rings is 1. The number of aliphatic hydroxyl groups excluding tert-OH is 1. The number of hydrogen-bond acceptors (Lipinski definition) is 2. The highest BCUT2D eigenvalue weighted by molar-refractivity contribution is 4.85. The van der Waals surface area contributed by atoms with Crippen LogP contribution in [0.1, 0.15) is 46.0 Å². The van der Waals surface area contributed by atoms with Crippen molar-refractivity contribution >= 4 is 0 Å². The van der Waals surface area contributed by atoms with Crippen molar-refractivity contribution in [2.24, 2.45) is 17.8 Å². The normalized spacial score (nSPS) is 42.2. The zero-order chi connectivity index (χ0) is 11.5. The Balaban J connectivity index is 1.86. The lowest BCUT2D eigenvalue weighted by Crippen LogP contribution is -2.44. The molecule has 1 N–H and O–H groups in total. The summed E-state index contributed by atoms with van der Waals surface area (Å²) in [6, 6.07) is 0. The number of hydrogen-bond donors (Lipinski definition) is 1. The Morgan fingerprint density at radius 1 is 1.06 bits per heavy atom. The van der Waals surface area contributed by atoms with Crippen LogP contribution >= 0.6 is 0 Å². The molecule has 1 aliphatic heterocycles. The number of aliphatic hydroxyl groups is 1. The van der Waals surface area contributed by atoms with Crippen LogP contribution in [0.2, 0.25) is 0 Å². The molecular weight excluding hydrogens is 198 g/mol. The van der Waals surface area contributed by atoms with Crippen molar-refractivity contribution in [2.45, 2.75) is 52.1 Å². The van der Waals surface area contributed by atoms with Gasteiger partial charge in [0.25, 0.3) is 0 Å². The Morgan fingerprint density at radius 2 is 1.75 bits per heavy atom. The number of rotatable bonds is 2. The van der Waals surface area contributed by atoms with E-state index in [1.54, 1.807) is 0 Å². The molecule has 0 aromatic heterocycles. The van der Waals surface area contributed by atoms with E-state index in [9.17, 15) is 5.11 Å². The minimum absolute atomic E-state index is 0.0549. The van der Waals surface area contributed by atoms with E-state index in [4.69, 9.17) is 0 Å². The highest BCUT2D eigenvalue weighted by Gasteiger charge is 2.33. The minimum atomic E-state index is -0.0549. The van der Waals surface area contributed by atoms with Crippen LogP contribution in [-0.2, 0) is 0 Å². The molecule has 4 unspecified atom stereocenters. The molecule has 0 bridgehead atoms. The van der Waals surface area contributed by atoms with Gasteiger partial charge in [0, 0.05) is 12.5 Å². The molecular formula is C14H27NO. The first kappa shape index (κ1) is 12.4. The highest BCUT2D eigenvalue weighted by Crippen LogP contribution is 2.34. The molecule has 2 rings (SSSR count). The Morgan fingerprint density at radius 3 is 2.38 bits per heavy atom. The van der Waals surface area contributed by atoms with Crippen molar-refractivity contribution < 1.29 is 5.11 Å². The first-order valence-corrected chi connectivity index (χ1v) is 7.07. The fraction of sp³-hybridized carbons (Fsp3) is 1.00. The molecule has 4 atom stereocenters. The van der Waals surface area contributed by atoms with E-state index in [1.165, 1.54) is 38.8 Å². The van der Waals surface area contributed by atoms with Gasteiger partial charge in [-0.25, -0.2) is 0 Å². The van der Waals surface area contributed by atoms with Gasteiger partial charge in [0.1, 0.15) is 0 Å². The van der Waals surface area contributed by atoms with E-state index < -0.39 is 0 Å². The lowest BCUT2D eigenvalue weighted by atomic mass is 9.73. The third-order valence-electron chi connectivity index (χ3n) is 4.56. The van der Waals surface area contributed by atoms with Crippen molar-refractivity contribution in [3.8, 4) is 0 Å². The van der Waals surface area contributed by atoms with Gasteiger partial charge in [0.05, 0.1) is 6.10 Å². The zero-order valence-corrected chi connectivity index (χ0v) is 10.9. The van der Waals surface area contributed by atoms with Crippen LogP contribution in [0.25, 0.3) is 0 Å². The summed E-state index contributed by atoms with van der Waals surface area (Å²) in [7, 11) is 0. The van der Waals surface area contributed by atoms with Crippen molar-refractivity contribution in [3.63, 3.8) is 0 Å². The van der Waals surface area contributed by atoms with Crippen molar-refractivity contribution in [1.82, 2.24) is 4.90 Å². The molecule has 0 spiro atoms. The summed E-state index contributed by atoms with van der Waals surface area (Å²) in [5.74, 6) is 1.93. The average molecular weight is 225 g/mol. The SMILES string of the molecule is CC1CC(C)C(CN2CCCCC2)C(O)C1. The fourth-order valence-corrected chi connectivity index (χ4v) is 3.61. The summed E-state index contributed by atoms with van der Waals surface area (Å²) in [6.07, 6.45) is 6.37. The molecule has 2 fully saturated rings. The fourth-order valence-electron chi connectivity index (χ4n) is 3.61. The van der Waals surface area contributed by atoms with Crippen LogP contribution < -0.4 is 0 Å². The quantitative estimate of drug-likeness (QED) is 0.780. The summed E-state index contributed by atoms with van der Waals surface area (Å²) >= 11 is 0. The molecule has 1 saturated carbocycles. The molecule has 1 saturated heterocycles. The Labute approximate surface area is 100 Å². The lowest BCUT2D eigenvalue weighted by Gasteiger charge is -2.40. The van der Waals surface area contributed by atoms with Gasteiger partial charge in [-0.3, -0.25) is 0 Å². The first-order valence-electron chi connectivity index (χ1n) is 7.07. The van der Waals surface area contributed by atoms with Crippen LogP contribution in [0.4, 0.5) is 0 Å². The maximum absolute atomic E-state index is 10.2. The molecule has 2 aliphatic rings. The maximum Gasteiger partial charge on any atom is 0.0585 e. The second-order valence-electron chi connectivity index (χ2n) is 6.15. The van der Waals surface area contributed by atoms with Gasteiger partial charge in [-0.15, -0.1) is 0 Å². The van der Waals surface area contributed by atoms with Gasteiger partial charge < -0.3 is 10.0 Å². The number of nitrogens with zero attached hydrogens (tertiary/aromatic N) is 1. The van der Waals surface area contributed by atoms with Crippen molar-refractivity contribution in [2.75, 3.05) is 19.6 Å². The Bertz CT molecular complexity index is 201. The van der Waals surface area contributed by atoms with E-state index in [0.29, 0.717) is 17.8 Å². The molecule has 0 aromatic carbocycles. The predicted molar refractivity (Wildman–Crippen MR) is 67.3 cm³/mol.